The second-order valence-corrected chi connectivity index (χ2v) is 10.6. The Labute approximate surface area is 224 Å². The summed E-state index contributed by atoms with van der Waals surface area (Å²) in [5.74, 6) is 0. The Balaban J connectivity index is 1.29. The monoisotopic (exact) mass is 502 g/mol. The van der Waals surface area contributed by atoms with Crippen LogP contribution in [0.15, 0.2) is 134 Å². The first-order chi connectivity index (χ1) is 18.9. The Morgan fingerprint density at radius 2 is 1.11 bits per heavy atom. The van der Waals surface area contributed by atoms with Gasteiger partial charge in [-0.2, -0.15) is 0 Å². The van der Waals surface area contributed by atoms with Crippen LogP contribution < -0.4 is 0 Å². The van der Waals surface area contributed by atoms with Gasteiger partial charge in [-0.3, -0.25) is 4.98 Å². The van der Waals surface area contributed by atoms with Crippen molar-refractivity contribution < 1.29 is 0 Å². The lowest BCUT2D eigenvalue weighted by Gasteiger charge is -2.13. The van der Waals surface area contributed by atoms with Crippen LogP contribution in [0.5, 0.6) is 0 Å². The lowest BCUT2D eigenvalue weighted by atomic mass is 9.94. The molecule has 178 valence electrons. The molecule has 38 heavy (non-hydrogen) atoms. The summed E-state index contributed by atoms with van der Waals surface area (Å²) in [6.07, 6.45) is 1.94. The molecule has 0 atom stereocenters. The highest BCUT2D eigenvalue weighted by atomic mass is 32.1. The summed E-state index contributed by atoms with van der Waals surface area (Å²) in [6, 6.07) is 45.7. The Morgan fingerprint density at radius 1 is 0.500 bits per heavy atom. The normalized spacial score (nSPS) is 11.7. The number of para-hydroxylation sites is 2. The van der Waals surface area contributed by atoms with E-state index in [1.54, 1.807) is 0 Å². The van der Waals surface area contributed by atoms with Crippen LogP contribution in [0.25, 0.3) is 70.0 Å². The van der Waals surface area contributed by atoms with Gasteiger partial charge in [0.25, 0.3) is 0 Å². The summed E-state index contributed by atoms with van der Waals surface area (Å²) in [4.78, 5) is 4.76. The van der Waals surface area contributed by atoms with Crippen LogP contribution in [-0.4, -0.2) is 9.55 Å². The number of rotatable bonds is 3. The van der Waals surface area contributed by atoms with Gasteiger partial charge < -0.3 is 4.57 Å². The summed E-state index contributed by atoms with van der Waals surface area (Å²) >= 11 is 1.82. The molecular weight excluding hydrogens is 480 g/mol. The van der Waals surface area contributed by atoms with Crippen molar-refractivity contribution in [3.8, 4) is 27.9 Å². The molecule has 0 saturated heterocycles. The maximum absolute atomic E-state index is 4.76. The van der Waals surface area contributed by atoms with Gasteiger partial charge in [-0.05, 0) is 53.1 Å². The fourth-order valence-electron chi connectivity index (χ4n) is 5.78. The highest BCUT2D eigenvalue weighted by Crippen LogP contribution is 2.42. The van der Waals surface area contributed by atoms with E-state index < -0.39 is 0 Å². The molecule has 0 N–H and O–H groups in total. The summed E-state index contributed by atoms with van der Waals surface area (Å²) in [7, 11) is 0. The van der Waals surface area contributed by atoms with Crippen molar-refractivity contribution in [2.24, 2.45) is 0 Å². The smallest absolute Gasteiger partial charge is 0.0894 e. The third-order valence-electron chi connectivity index (χ3n) is 7.49. The number of thiophene rings is 1. The molecule has 3 heterocycles. The third-order valence-corrected chi connectivity index (χ3v) is 8.69. The van der Waals surface area contributed by atoms with Crippen LogP contribution in [-0.2, 0) is 0 Å². The van der Waals surface area contributed by atoms with Crippen molar-refractivity contribution >= 4 is 53.4 Å². The van der Waals surface area contributed by atoms with Gasteiger partial charge in [0.1, 0.15) is 0 Å². The minimum absolute atomic E-state index is 1.08. The second kappa shape index (κ2) is 8.41. The zero-order valence-electron chi connectivity index (χ0n) is 20.5. The molecule has 0 bridgehead atoms. The van der Waals surface area contributed by atoms with E-state index in [4.69, 9.17) is 4.98 Å². The molecule has 0 saturated carbocycles. The predicted molar refractivity (Wildman–Crippen MR) is 162 cm³/mol. The number of aromatic nitrogens is 2. The summed E-state index contributed by atoms with van der Waals surface area (Å²) in [5.41, 5.74) is 9.60. The molecule has 0 radical (unpaired) electrons. The second-order valence-electron chi connectivity index (χ2n) is 9.60. The van der Waals surface area contributed by atoms with Crippen LogP contribution in [0.1, 0.15) is 0 Å². The maximum atomic E-state index is 4.76. The molecule has 0 spiro atoms. The number of fused-ring (bicyclic) bond motifs is 6. The number of nitrogens with zero attached hydrogens (tertiary/aromatic N) is 2. The van der Waals surface area contributed by atoms with E-state index in [1.165, 1.54) is 64.5 Å². The Kier molecular flexibility index (Phi) is 4.73. The van der Waals surface area contributed by atoms with E-state index in [1.807, 2.05) is 17.5 Å². The minimum Gasteiger partial charge on any atom is -0.309 e. The molecule has 0 unspecified atom stereocenters. The molecule has 3 aromatic heterocycles. The van der Waals surface area contributed by atoms with E-state index >= 15 is 0 Å². The third kappa shape index (κ3) is 3.16. The zero-order chi connectivity index (χ0) is 25.1. The van der Waals surface area contributed by atoms with Gasteiger partial charge in [0, 0.05) is 38.3 Å². The molecule has 5 aromatic carbocycles. The molecular formula is C35H22N2S. The first kappa shape index (κ1) is 21.4. The first-order valence-electron chi connectivity index (χ1n) is 12.8. The van der Waals surface area contributed by atoms with E-state index in [2.05, 4.69) is 132 Å². The quantitative estimate of drug-likeness (QED) is 0.235. The molecule has 0 amide bonds. The first-order valence-corrected chi connectivity index (χ1v) is 13.6. The van der Waals surface area contributed by atoms with Crippen LogP contribution in [0.4, 0.5) is 0 Å². The average Bonchev–Trinajstić information content (AvgIpc) is 3.53. The van der Waals surface area contributed by atoms with Crippen molar-refractivity contribution in [1.82, 2.24) is 9.55 Å². The lowest BCUT2D eigenvalue weighted by Crippen LogP contribution is -1.94. The van der Waals surface area contributed by atoms with Gasteiger partial charge in [-0.1, -0.05) is 91.0 Å². The highest BCUT2D eigenvalue weighted by molar-refractivity contribution is 7.26. The van der Waals surface area contributed by atoms with Crippen molar-refractivity contribution in [2.45, 2.75) is 0 Å². The predicted octanol–water partition coefficient (Wildman–Crippen LogP) is 9.88. The molecule has 3 heteroatoms. The minimum atomic E-state index is 1.08. The van der Waals surface area contributed by atoms with Crippen LogP contribution in [0.3, 0.4) is 0 Å². The molecule has 8 rings (SSSR count). The Morgan fingerprint density at radius 3 is 1.84 bits per heavy atom. The van der Waals surface area contributed by atoms with Gasteiger partial charge in [0.15, 0.2) is 0 Å². The zero-order valence-corrected chi connectivity index (χ0v) is 21.3. The van der Waals surface area contributed by atoms with Crippen molar-refractivity contribution in [3.63, 3.8) is 0 Å². The summed E-state index contributed by atoms with van der Waals surface area (Å²) < 4.78 is 4.88. The van der Waals surface area contributed by atoms with Crippen molar-refractivity contribution in [2.75, 3.05) is 0 Å². The fraction of sp³-hybridized carbons (Fsp3) is 0. The molecule has 0 aliphatic heterocycles. The van der Waals surface area contributed by atoms with Crippen LogP contribution in [0, 0.1) is 0 Å². The van der Waals surface area contributed by atoms with Crippen LogP contribution in [0.2, 0.25) is 0 Å². The summed E-state index contributed by atoms with van der Waals surface area (Å²) in [6.45, 7) is 0. The van der Waals surface area contributed by atoms with Gasteiger partial charge in [-0.15, -0.1) is 11.3 Å². The molecule has 0 fully saturated rings. The Bertz CT molecular complexity index is 2080. The molecule has 8 aromatic rings. The Hall–Kier alpha value is -4.73. The van der Waals surface area contributed by atoms with E-state index in [0.29, 0.717) is 0 Å². The molecule has 2 nitrogen and oxygen atoms in total. The van der Waals surface area contributed by atoms with Crippen LogP contribution >= 0.6 is 11.3 Å². The van der Waals surface area contributed by atoms with Gasteiger partial charge in [0.05, 0.1) is 21.3 Å². The number of benzene rings is 5. The van der Waals surface area contributed by atoms with E-state index in [-0.39, 0.29) is 0 Å². The fourth-order valence-corrected chi connectivity index (χ4v) is 6.97. The van der Waals surface area contributed by atoms with Gasteiger partial charge >= 0.3 is 0 Å². The number of hydrogen-bond acceptors (Lipinski definition) is 2. The highest BCUT2D eigenvalue weighted by Gasteiger charge is 2.15. The van der Waals surface area contributed by atoms with Gasteiger partial charge in [0.2, 0.25) is 0 Å². The topological polar surface area (TPSA) is 17.8 Å². The maximum Gasteiger partial charge on any atom is 0.0894 e. The van der Waals surface area contributed by atoms with Gasteiger partial charge in [-0.25, -0.2) is 0 Å². The summed E-state index contributed by atoms with van der Waals surface area (Å²) in [5, 5.41) is 3.78. The van der Waals surface area contributed by atoms with E-state index in [9.17, 15) is 0 Å². The van der Waals surface area contributed by atoms with Crippen molar-refractivity contribution in [1.29, 1.82) is 0 Å². The number of hydrogen-bond donors (Lipinski definition) is 0. The standard InChI is InChI=1S/C35H22N2S/c1-2-10-26(29-21-22-36-34-30-13-5-8-16-33(30)38-35(29)34)25(9-1)23-17-19-24(20-18-23)37-31-14-6-3-11-27(31)28-12-4-7-15-32(28)37/h1-22H. The molecule has 0 aliphatic carbocycles. The van der Waals surface area contributed by atoms with Crippen molar-refractivity contribution in [3.05, 3.63) is 134 Å². The lowest BCUT2D eigenvalue weighted by molar-refractivity contribution is 1.18. The molecule has 0 aliphatic rings. The number of pyridine rings is 1. The van der Waals surface area contributed by atoms with E-state index in [0.717, 1.165) is 5.52 Å². The SMILES string of the molecule is c1ccc(-c2ccnc3c2sc2ccccc23)c(-c2ccc(-n3c4ccccc4c4ccccc43)cc2)c1. The average molecular weight is 503 g/mol. The largest absolute Gasteiger partial charge is 0.309 e.